The van der Waals surface area contributed by atoms with E-state index in [1.807, 2.05) is 6.07 Å². The molecule has 4 rings (SSSR count). The molecule has 0 fully saturated rings. The summed E-state index contributed by atoms with van der Waals surface area (Å²) in [5, 5.41) is 4.12. The number of benzene rings is 1. The number of aromatic nitrogens is 3. The highest BCUT2D eigenvalue weighted by Crippen LogP contribution is 2.26. The summed E-state index contributed by atoms with van der Waals surface area (Å²) >= 11 is 0. The first-order valence-corrected chi connectivity index (χ1v) is 7.59. The van der Waals surface area contributed by atoms with Gasteiger partial charge in [-0.05, 0) is 42.7 Å². The highest BCUT2D eigenvalue weighted by atomic mass is 19.1. The number of nitrogens with zero attached hydrogens (tertiary/aromatic N) is 3. The van der Waals surface area contributed by atoms with Crippen LogP contribution in [0.25, 0.3) is 10.9 Å². The predicted molar refractivity (Wildman–Crippen MR) is 87.6 cm³/mol. The molecule has 0 spiro atoms. The third-order valence-corrected chi connectivity index (χ3v) is 4.22. The first-order valence-electron chi connectivity index (χ1n) is 7.59. The van der Waals surface area contributed by atoms with E-state index in [0.29, 0.717) is 16.9 Å². The number of nitrogens with one attached hydrogen (secondary N) is 1. The van der Waals surface area contributed by atoms with Crippen molar-refractivity contribution in [2.75, 3.05) is 11.1 Å². The molecule has 1 aliphatic carbocycles. The summed E-state index contributed by atoms with van der Waals surface area (Å²) in [5.41, 5.74) is 9.49. The van der Waals surface area contributed by atoms with Gasteiger partial charge in [0.15, 0.2) is 0 Å². The number of nitrogens with two attached hydrogens (primary N) is 1. The third-order valence-electron chi connectivity index (χ3n) is 4.22. The third kappa shape index (κ3) is 2.67. The van der Waals surface area contributed by atoms with E-state index in [9.17, 15) is 4.39 Å². The van der Waals surface area contributed by atoms with Crippen molar-refractivity contribution in [1.82, 2.24) is 15.0 Å². The molecule has 1 unspecified atom stereocenters. The van der Waals surface area contributed by atoms with Gasteiger partial charge in [-0.3, -0.25) is 4.98 Å². The molecule has 0 saturated carbocycles. The van der Waals surface area contributed by atoms with E-state index in [1.54, 1.807) is 12.3 Å². The van der Waals surface area contributed by atoms with Gasteiger partial charge in [0.1, 0.15) is 18.0 Å². The normalized spacial score (nSPS) is 17.0. The number of fused-ring (bicyclic) bond motifs is 2. The molecule has 1 aliphatic rings. The Bertz CT molecular complexity index is 880. The molecule has 0 bridgehead atoms. The standard InChI is InChI=1S/C17H16FN5/c18-11-2-4-15-14(6-11)17(22-9-21-15)23-13-3-1-10-5-12(19)8-20-16(10)7-13/h2,4-6,8-9,13H,1,3,7,19H2,(H,21,22,23). The molecule has 3 aromatic rings. The van der Waals surface area contributed by atoms with Gasteiger partial charge in [0, 0.05) is 23.5 Å². The van der Waals surface area contributed by atoms with Gasteiger partial charge in [-0.25, -0.2) is 14.4 Å². The maximum atomic E-state index is 13.5. The molecule has 23 heavy (non-hydrogen) atoms. The van der Waals surface area contributed by atoms with Crippen LogP contribution in [0, 0.1) is 5.82 Å². The van der Waals surface area contributed by atoms with Gasteiger partial charge >= 0.3 is 0 Å². The molecule has 5 nitrogen and oxygen atoms in total. The lowest BCUT2D eigenvalue weighted by Gasteiger charge is -2.25. The Hall–Kier alpha value is -2.76. The Morgan fingerprint density at radius 1 is 1.17 bits per heavy atom. The second-order valence-corrected chi connectivity index (χ2v) is 5.84. The smallest absolute Gasteiger partial charge is 0.137 e. The van der Waals surface area contributed by atoms with Crippen LogP contribution in [0.4, 0.5) is 15.9 Å². The Labute approximate surface area is 132 Å². The Balaban J connectivity index is 1.62. The predicted octanol–water partition coefficient (Wildman–Crippen LogP) is 2.72. The number of nitrogen functional groups attached to an aromatic ring is 1. The van der Waals surface area contributed by atoms with Crippen LogP contribution in [0.2, 0.25) is 0 Å². The second kappa shape index (κ2) is 5.46. The SMILES string of the molecule is Nc1cnc2c(c1)CCC(Nc1ncnc3ccc(F)cc13)C2. The molecular weight excluding hydrogens is 293 g/mol. The largest absolute Gasteiger partial charge is 0.397 e. The van der Waals surface area contributed by atoms with E-state index in [0.717, 1.165) is 30.5 Å². The molecule has 6 heteroatoms. The highest BCUT2D eigenvalue weighted by molar-refractivity contribution is 5.88. The van der Waals surface area contributed by atoms with Crippen LogP contribution >= 0.6 is 0 Å². The van der Waals surface area contributed by atoms with Crippen LogP contribution in [0.3, 0.4) is 0 Å². The van der Waals surface area contributed by atoms with Crippen molar-refractivity contribution in [2.45, 2.75) is 25.3 Å². The summed E-state index contributed by atoms with van der Waals surface area (Å²) in [6.45, 7) is 0. The number of rotatable bonds is 2. The average molecular weight is 309 g/mol. The molecule has 0 amide bonds. The van der Waals surface area contributed by atoms with E-state index in [2.05, 4.69) is 20.3 Å². The lowest BCUT2D eigenvalue weighted by Crippen LogP contribution is -2.28. The molecule has 2 aromatic heterocycles. The Morgan fingerprint density at radius 2 is 2.09 bits per heavy atom. The minimum atomic E-state index is -0.290. The zero-order valence-electron chi connectivity index (χ0n) is 12.5. The molecule has 116 valence electrons. The van der Waals surface area contributed by atoms with E-state index in [1.165, 1.54) is 24.0 Å². The average Bonchev–Trinajstić information content (AvgIpc) is 2.55. The lowest BCUT2D eigenvalue weighted by atomic mass is 9.91. The number of halogens is 1. The van der Waals surface area contributed by atoms with Gasteiger partial charge in [-0.1, -0.05) is 0 Å². The Kier molecular flexibility index (Phi) is 3.29. The molecule has 0 radical (unpaired) electrons. The van der Waals surface area contributed by atoms with Crippen molar-refractivity contribution < 1.29 is 4.39 Å². The van der Waals surface area contributed by atoms with Crippen LogP contribution < -0.4 is 11.1 Å². The minimum Gasteiger partial charge on any atom is -0.397 e. The maximum absolute atomic E-state index is 13.5. The van der Waals surface area contributed by atoms with Crippen molar-refractivity contribution >= 4 is 22.4 Å². The molecule has 0 saturated heterocycles. The number of hydrogen-bond acceptors (Lipinski definition) is 5. The molecule has 0 aliphatic heterocycles. The number of pyridine rings is 1. The number of hydrogen-bond donors (Lipinski definition) is 2. The molecular formula is C17H16FN5. The maximum Gasteiger partial charge on any atom is 0.137 e. The van der Waals surface area contributed by atoms with Crippen LogP contribution in [0.1, 0.15) is 17.7 Å². The van der Waals surface area contributed by atoms with Gasteiger partial charge in [0.25, 0.3) is 0 Å². The van der Waals surface area contributed by atoms with Gasteiger partial charge in [0.2, 0.25) is 0 Å². The van der Waals surface area contributed by atoms with Gasteiger partial charge in [-0.2, -0.15) is 0 Å². The number of aryl methyl sites for hydroxylation is 1. The lowest BCUT2D eigenvalue weighted by molar-refractivity contribution is 0.596. The molecule has 1 atom stereocenters. The van der Waals surface area contributed by atoms with Gasteiger partial charge < -0.3 is 11.1 Å². The monoisotopic (exact) mass is 309 g/mol. The zero-order chi connectivity index (χ0) is 15.8. The van der Waals surface area contributed by atoms with Crippen LogP contribution in [0.15, 0.2) is 36.8 Å². The van der Waals surface area contributed by atoms with Crippen molar-refractivity contribution in [3.05, 3.63) is 53.9 Å². The summed E-state index contributed by atoms with van der Waals surface area (Å²) in [4.78, 5) is 12.9. The molecule has 3 N–H and O–H groups in total. The Morgan fingerprint density at radius 3 is 3.00 bits per heavy atom. The zero-order valence-corrected chi connectivity index (χ0v) is 12.5. The van der Waals surface area contributed by atoms with Gasteiger partial charge in [0.05, 0.1) is 17.4 Å². The van der Waals surface area contributed by atoms with Crippen molar-refractivity contribution in [1.29, 1.82) is 0 Å². The number of anilines is 2. The van der Waals surface area contributed by atoms with Gasteiger partial charge in [-0.15, -0.1) is 0 Å². The van der Waals surface area contributed by atoms with Crippen molar-refractivity contribution in [2.24, 2.45) is 0 Å². The van der Waals surface area contributed by atoms with Crippen LogP contribution in [-0.2, 0) is 12.8 Å². The van der Waals surface area contributed by atoms with E-state index < -0.39 is 0 Å². The highest BCUT2D eigenvalue weighted by Gasteiger charge is 2.21. The molecule has 2 heterocycles. The fourth-order valence-electron chi connectivity index (χ4n) is 3.08. The fraction of sp³-hybridized carbons (Fsp3) is 0.235. The summed E-state index contributed by atoms with van der Waals surface area (Å²) in [7, 11) is 0. The summed E-state index contributed by atoms with van der Waals surface area (Å²) in [6.07, 6.45) is 5.87. The topological polar surface area (TPSA) is 76.7 Å². The van der Waals surface area contributed by atoms with E-state index in [4.69, 9.17) is 5.73 Å². The van der Waals surface area contributed by atoms with E-state index in [-0.39, 0.29) is 11.9 Å². The minimum absolute atomic E-state index is 0.208. The van der Waals surface area contributed by atoms with Crippen LogP contribution in [-0.4, -0.2) is 21.0 Å². The second-order valence-electron chi connectivity index (χ2n) is 5.84. The fourth-order valence-corrected chi connectivity index (χ4v) is 3.08. The van der Waals surface area contributed by atoms with E-state index >= 15 is 0 Å². The van der Waals surface area contributed by atoms with Crippen molar-refractivity contribution in [3.63, 3.8) is 0 Å². The first-order chi connectivity index (χ1) is 11.2. The quantitative estimate of drug-likeness (QED) is 0.761. The first kappa shape index (κ1) is 13.9. The van der Waals surface area contributed by atoms with Crippen LogP contribution in [0.5, 0.6) is 0 Å². The summed E-state index contributed by atoms with van der Waals surface area (Å²) in [5.74, 6) is 0.375. The summed E-state index contributed by atoms with van der Waals surface area (Å²) in [6, 6.07) is 6.74. The molecule has 1 aromatic carbocycles. The summed E-state index contributed by atoms with van der Waals surface area (Å²) < 4.78 is 13.5. The van der Waals surface area contributed by atoms with Crippen molar-refractivity contribution in [3.8, 4) is 0 Å².